The number of aryl methyl sites for hydroxylation is 2. The van der Waals surface area contributed by atoms with Gasteiger partial charge in [-0.1, -0.05) is 42.5 Å². The zero-order chi connectivity index (χ0) is 20.1. The van der Waals surface area contributed by atoms with Crippen molar-refractivity contribution >= 4 is 16.9 Å². The highest BCUT2D eigenvalue weighted by atomic mass is 19.1. The first-order valence-corrected chi connectivity index (χ1v) is 9.72. The smallest absolute Gasteiger partial charge is 0.251 e. The van der Waals surface area contributed by atoms with E-state index in [4.69, 9.17) is 4.98 Å². The fourth-order valence-electron chi connectivity index (χ4n) is 3.44. The lowest BCUT2D eigenvalue weighted by Crippen LogP contribution is -2.26. The summed E-state index contributed by atoms with van der Waals surface area (Å²) in [5, 5.41) is 2.90. The Morgan fingerprint density at radius 2 is 1.62 bits per heavy atom. The molecule has 1 N–H and O–H groups in total. The lowest BCUT2D eigenvalue weighted by molar-refractivity contribution is 0.0954. The number of benzene rings is 3. The Hall–Kier alpha value is -3.47. The number of hydrogen-bond donors (Lipinski definition) is 1. The quantitative estimate of drug-likeness (QED) is 0.511. The van der Waals surface area contributed by atoms with Gasteiger partial charge in [0.05, 0.1) is 11.0 Å². The number of amides is 1. The van der Waals surface area contributed by atoms with E-state index in [1.807, 2.05) is 36.4 Å². The topological polar surface area (TPSA) is 46.9 Å². The van der Waals surface area contributed by atoms with Gasteiger partial charge in [0, 0.05) is 25.1 Å². The minimum Gasteiger partial charge on any atom is -0.352 e. The number of nitrogens with zero attached hydrogens (tertiary/aromatic N) is 2. The molecule has 0 radical (unpaired) electrons. The molecule has 0 spiro atoms. The largest absolute Gasteiger partial charge is 0.352 e. The lowest BCUT2D eigenvalue weighted by Gasteiger charge is -2.10. The third kappa shape index (κ3) is 4.51. The highest BCUT2D eigenvalue weighted by Gasteiger charge is 2.11. The SMILES string of the molecule is O=C(NCCc1nc2ccccc2n1CCc1ccccc1)c1ccc(F)cc1. The number of carbonyl (C=O) groups excluding carboxylic acids is 1. The van der Waals surface area contributed by atoms with Crippen molar-refractivity contribution in [2.75, 3.05) is 6.54 Å². The van der Waals surface area contributed by atoms with Crippen LogP contribution in [0.4, 0.5) is 4.39 Å². The number of nitrogens with one attached hydrogen (secondary N) is 1. The van der Waals surface area contributed by atoms with Gasteiger partial charge in [0.15, 0.2) is 0 Å². The molecule has 4 nitrogen and oxygen atoms in total. The number of aromatic nitrogens is 2. The Morgan fingerprint density at radius 1 is 0.897 bits per heavy atom. The molecule has 3 aromatic carbocycles. The zero-order valence-electron chi connectivity index (χ0n) is 16.0. The van der Waals surface area contributed by atoms with E-state index in [1.165, 1.54) is 29.8 Å². The molecule has 0 atom stereocenters. The van der Waals surface area contributed by atoms with Crippen molar-refractivity contribution in [2.24, 2.45) is 0 Å². The molecule has 4 aromatic rings. The zero-order valence-corrected chi connectivity index (χ0v) is 16.0. The van der Waals surface area contributed by atoms with E-state index >= 15 is 0 Å². The van der Waals surface area contributed by atoms with Gasteiger partial charge in [-0.25, -0.2) is 9.37 Å². The molecule has 29 heavy (non-hydrogen) atoms. The van der Waals surface area contributed by atoms with Gasteiger partial charge < -0.3 is 9.88 Å². The molecule has 0 fully saturated rings. The predicted octanol–water partition coefficient (Wildman–Crippen LogP) is 4.39. The Morgan fingerprint density at radius 3 is 2.41 bits per heavy atom. The fourth-order valence-corrected chi connectivity index (χ4v) is 3.44. The Kier molecular flexibility index (Phi) is 5.66. The summed E-state index contributed by atoms with van der Waals surface area (Å²) in [4.78, 5) is 17.0. The molecule has 1 heterocycles. The summed E-state index contributed by atoms with van der Waals surface area (Å²) < 4.78 is 15.3. The van der Waals surface area contributed by atoms with Crippen molar-refractivity contribution in [3.8, 4) is 0 Å². The Balaban J connectivity index is 1.46. The second-order valence-corrected chi connectivity index (χ2v) is 6.92. The minimum atomic E-state index is -0.353. The highest BCUT2D eigenvalue weighted by Crippen LogP contribution is 2.17. The number of imidazole rings is 1. The summed E-state index contributed by atoms with van der Waals surface area (Å²) in [5.41, 5.74) is 3.79. The summed E-state index contributed by atoms with van der Waals surface area (Å²) in [6.07, 6.45) is 1.53. The maximum Gasteiger partial charge on any atom is 0.251 e. The van der Waals surface area contributed by atoms with E-state index in [-0.39, 0.29) is 11.7 Å². The third-order valence-electron chi connectivity index (χ3n) is 4.94. The molecule has 0 bridgehead atoms. The van der Waals surface area contributed by atoms with Crippen LogP contribution in [0.5, 0.6) is 0 Å². The Bertz CT molecular complexity index is 1100. The summed E-state index contributed by atoms with van der Waals surface area (Å²) in [6, 6.07) is 24.0. The number of fused-ring (bicyclic) bond motifs is 1. The molecule has 5 heteroatoms. The van der Waals surface area contributed by atoms with E-state index < -0.39 is 0 Å². The van der Waals surface area contributed by atoms with Crippen LogP contribution in [-0.2, 0) is 19.4 Å². The molecule has 0 aliphatic carbocycles. The predicted molar refractivity (Wildman–Crippen MR) is 112 cm³/mol. The molecule has 0 aliphatic rings. The van der Waals surface area contributed by atoms with Gasteiger partial charge in [0.2, 0.25) is 0 Å². The van der Waals surface area contributed by atoms with Gasteiger partial charge in [-0.3, -0.25) is 4.79 Å². The molecule has 0 saturated heterocycles. The second-order valence-electron chi connectivity index (χ2n) is 6.92. The lowest BCUT2D eigenvalue weighted by atomic mass is 10.1. The van der Waals surface area contributed by atoms with Crippen molar-refractivity contribution < 1.29 is 9.18 Å². The number of para-hydroxylation sites is 2. The van der Waals surface area contributed by atoms with Gasteiger partial charge in [-0.05, 0) is 48.4 Å². The first kappa shape index (κ1) is 18.9. The van der Waals surface area contributed by atoms with Crippen LogP contribution >= 0.6 is 0 Å². The van der Waals surface area contributed by atoms with Crippen molar-refractivity contribution in [3.05, 3.63) is 102 Å². The van der Waals surface area contributed by atoms with Crippen LogP contribution in [0.1, 0.15) is 21.7 Å². The van der Waals surface area contributed by atoms with Crippen molar-refractivity contribution in [1.29, 1.82) is 0 Å². The second kappa shape index (κ2) is 8.69. The molecule has 0 saturated carbocycles. The van der Waals surface area contributed by atoms with Crippen molar-refractivity contribution in [2.45, 2.75) is 19.4 Å². The molecule has 4 rings (SSSR count). The minimum absolute atomic E-state index is 0.211. The summed E-state index contributed by atoms with van der Waals surface area (Å²) in [7, 11) is 0. The van der Waals surface area contributed by atoms with Gasteiger partial charge in [-0.2, -0.15) is 0 Å². The maximum atomic E-state index is 13.0. The van der Waals surface area contributed by atoms with Crippen LogP contribution in [-0.4, -0.2) is 22.0 Å². The van der Waals surface area contributed by atoms with Gasteiger partial charge in [0.1, 0.15) is 11.6 Å². The standard InChI is InChI=1S/C24H22FN3O/c25-20-12-10-19(11-13-20)24(29)26-16-14-23-27-21-8-4-5-9-22(21)28(23)17-15-18-6-2-1-3-7-18/h1-13H,14-17H2,(H,26,29). The third-order valence-corrected chi connectivity index (χ3v) is 4.94. The van der Waals surface area contributed by atoms with E-state index in [0.29, 0.717) is 18.5 Å². The average Bonchev–Trinajstić information content (AvgIpc) is 3.11. The molecule has 1 amide bonds. The van der Waals surface area contributed by atoms with E-state index in [9.17, 15) is 9.18 Å². The molecular formula is C24H22FN3O. The normalized spacial score (nSPS) is 10.9. The van der Waals surface area contributed by atoms with E-state index in [1.54, 1.807) is 0 Å². The monoisotopic (exact) mass is 387 g/mol. The summed E-state index contributed by atoms with van der Waals surface area (Å²) in [5.74, 6) is 0.382. The molecule has 0 unspecified atom stereocenters. The number of rotatable bonds is 7. The van der Waals surface area contributed by atoms with Gasteiger partial charge in [0.25, 0.3) is 5.91 Å². The molecule has 0 aliphatic heterocycles. The van der Waals surface area contributed by atoms with Crippen LogP contribution in [0.3, 0.4) is 0 Å². The first-order valence-electron chi connectivity index (χ1n) is 9.72. The summed E-state index contributed by atoms with van der Waals surface area (Å²) >= 11 is 0. The van der Waals surface area contributed by atoms with E-state index in [2.05, 4.69) is 28.1 Å². The molecule has 1 aromatic heterocycles. The maximum absolute atomic E-state index is 13.0. The van der Waals surface area contributed by atoms with Crippen LogP contribution in [0.25, 0.3) is 11.0 Å². The number of hydrogen-bond acceptors (Lipinski definition) is 2. The van der Waals surface area contributed by atoms with Crippen LogP contribution < -0.4 is 5.32 Å². The fraction of sp³-hybridized carbons (Fsp3) is 0.167. The molecule has 146 valence electrons. The van der Waals surface area contributed by atoms with Gasteiger partial charge >= 0.3 is 0 Å². The summed E-state index contributed by atoms with van der Waals surface area (Å²) in [6.45, 7) is 1.29. The number of carbonyl (C=O) groups is 1. The first-order chi connectivity index (χ1) is 14.2. The molecular weight excluding hydrogens is 365 g/mol. The van der Waals surface area contributed by atoms with E-state index in [0.717, 1.165) is 29.8 Å². The van der Waals surface area contributed by atoms with Crippen LogP contribution in [0.2, 0.25) is 0 Å². The van der Waals surface area contributed by atoms with Crippen LogP contribution in [0.15, 0.2) is 78.9 Å². The van der Waals surface area contributed by atoms with Crippen LogP contribution in [0, 0.1) is 5.82 Å². The van der Waals surface area contributed by atoms with Gasteiger partial charge in [-0.15, -0.1) is 0 Å². The average molecular weight is 387 g/mol. The van der Waals surface area contributed by atoms with Crippen molar-refractivity contribution in [3.63, 3.8) is 0 Å². The Labute approximate surface area is 169 Å². The van der Waals surface area contributed by atoms with Crippen molar-refractivity contribution in [1.82, 2.24) is 14.9 Å². The number of halogens is 1. The highest BCUT2D eigenvalue weighted by molar-refractivity contribution is 5.94.